The molecule has 1 aliphatic heterocycles. The van der Waals surface area contributed by atoms with E-state index < -0.39 is 11.1 Å². The lowest BCUT2D eigenvalue weighted by atomic mass is 9.61. The fourth-order valence-electron chi connectivity index (χ4n) is 6.07. The van der Waals surface area contributed by atoms with Crippen LogP contribution in [0.4, 0.5) is 0 Å². The first-order valence-electron chi connectivity index (χ1n) is 9.63. The monoisotopic (exact) mass is 364 g/mol. The van der Waals surface area contributed by atoms with Crippen molar-refractivity contribution in [3.8, 4) is 12.1 Å². The fraction of sp³-hybridized carbons (Fsp3) is 0.333. The van der Waals surface area contributed by atoms with Crippen LogP contribution < -0.4 is 0 Å². The Hall–Kier alpha value is -3.24. The zero-order chi connectivity index (χ0) is 19.6. The van der Waals surface area contributed by atoms with Crippen LogP contribution in [-0.4, -0.2) is 0 Å². The summed E-state index contributed by atoms with van der Waals surface area (Å²) in [5.41, 5.74) is 2.44. The van der Waals surface area contributed by atoms with Gasteiger partial charge in [-0.3, -0.25) is 0 Å². The van der Waals surface area contributed by atoms with Crippen molar-refractivity contribution in [3.63, 3.8) is 0 Å². The van der Waals surface area contributed by atoms with Gasteiger partial charge in [0.15, 0.2) is 0 Å². The van der Waals surface area contributed by atoms with Crippen molar-refractivity contribution >= 4 is 0 Å². The Morgan fingerprint density at radius 1 is 0.821 bits per heavy atom. The minimum Gasteiger partial charge on any atom is -0.192 e. The molecule has 2 bridgehead atoms. The molecule has 0 saturated heterocycles. The molecule has 4 heteroatoms. The molecule has 4 nitrogen and oxygen atoms in total. The van der Waals surface area contributed by atoms with Gasteiger partial charge < -0.3 is 0 Å². The minimum absolute atomic E-state index is 0.248. The van der Waals surface area contributed by atoms with Crippen molar-refractivity contribution < 1.29 is 0 Å². The Labute approximate surface area is 164 Å². The second kappa shape index (κ2) is 5.40. The largest absolute Gasteiger partial charge is 0.192 e. The number of allylic oxidation sites excluding steroid dienone is 1. The molecular formula is C24H20N4. The van der Waals surface area contributed by atoms with Gasteiger partial charge in [0.1, 0.15) is 11.1 Å². The molecular weight excluding hydrogens is 344 g/mol. The molecule has 3 aliphatic rings. The molecule has 0 spiro atoms. The Morgan fingerprint density at radius 3 is 1.86 bits per heavy atom. The van der Waals surface area contributed by atoms with Crippen LogP contribution in [0.25, 0.3) is 0 Å². The molecule has 0 aromatic heterocycles. The van der Waals surface area contributed by atoms with E-state index in [4.69, 9.17) is 10.2 Å². The molecule has 4 atom stereocenters. The van der Waals surface area contributed by atoms with E-state index in [0.29, 0.717) is 17.0 Å². The lowest BCUT2D eigenvalue weighted by Crippen LogP contribution is -2.44. The lowest BCUT2D eigenvalue weighted by molar-refractivity contribution is 0.150. The van der Waals surface area contributed by atoms with E-state index >= 15 is 0 Å². The summed E-state index contributed by atoms with van der Waals surface area (Å²) in [6.07, 6.45) is 5.55. The lowest BCUT2D eigenvalue weighted by Gasteiger charge is -2.41. The molecule has 1 fully saturated rings. The third kappa shape index (κ3) is 1.69. The van der Waals surface area contributed by atoms with Gasteiger partial charge in [-0.25, -0.2) is 0 Å². The van der Waals surface area contributed by atoms with Gasteiger partial charge in [-0.1, -0.05) is 50.3 Å². The Balaban J connectivity index is 1.73. The van der Waals surface area contributed by atoms with Gasteiger partial charge in [0.05, 0.1) is 23.3 Å². The van der Waals surface area contributed by atoms with Crippen LogP contribution in [0.5, 0.6) is 0 Å². The summed E-state index contributed by atoms with van der Waals surface area (Å²) in [6.45, 7) is 4.55. The van der Waals surface area contributed by atoms with E-state index in [1.165, 1.54) is 0 Å². The van der Waals surface area contributed by atoms with E-state index in [9.17, 15) is 10.5 Å². The third-order valence-electron chi connectivity index (χ3n) is 7.37. The van der Waals surface area contributed by atoms with Crippen molar-refractivity contribution in [1.82, 2.24) is 0 Å². The molecule has 1 saturated carbocycles. The normalized spacial score (nSPS) is 33.4. The first kappa shape index (κ1) is 16.9. The Bertz CT molecular complexity index is 1100. The zero-order valence-corrected chi connectivity index (χ0v) is 15.9. The highest BCUT2D eigenvalue weighted by atomic mass is 15.3. The maximum absolute atomic E-state index is 9.18. The standard InChI is InChI=1S/C24H20N4/c1-22(2)23(18-10-6-16(14-25)7-11-18)20-4-3-5-21(20)24(22,28-27-23)19-12-8-17(15-26)9-13-19/h3-4,6-13,20-21H,5H2,1-2H3/t20-,21+,23-,24+/m1/s1. The van der Waals surface area contributed by atoms with Crippen LogP contribution in [-0.2, 0) is 11.1 Å². The summed E-state index contributed by atoms with van der Waals surface area (Å²) >= 11 is 0. The number of benzene rings is 2. The molecule has 0 N–H and O–H groups in total. The zero-order valence-electron chi connectivity index (χ0n) is 15.9. The van der Waals surface area contributed by atoms with Crippen LogP contribution >= 0.6 is 0 Å². The van der Waals surface area contributed by atoms with Gasteiger partial charge in [-0.2, -0.15) is 20.8 Å². The van der Waals surface area contributed by atoms with Crippen LogP contribution in [0.2, 0.25) is 0 Å². The quantitative estimate of drug-likeness (QED) is 0.685. The predicted molar refractivity (Wildman–Crippen MR) is 105 cm³/mol. The van der Waals surface area contributed by atoms with Gasteiger partial charge in [-0.05, 0) is 41.8 Å². The van der Waals surface area contributed by atoms with Crippen LogP contribution in [0.1, 0.15) is 42.5 Å². The average molecular weight is 364 g/mol. The van der Waals surface area contributed by atoms with Gasteiger partial charge in [0.2, 0.25) is 0 Å². The molecule has 28 heavy (non-hydrogen) atoms. The van der Waals surface area contributed by atoms with Gasteiger partial charge >= 0.3 is 0 Å². The minimum atomic E-state index is -0.452. The number of hydrogen-bond acceptors (Lipinski definition) is 4. The Kier molecular flexibility index (Phi) is 3.26. The molecule has 2 aromatic rings. The number of nitriles is 2. The molecule has 0 amide bonds. The van der Waals surface area contributed by atoms with Crippen molar-refractivity contribution in [2.75, 3.05) is 0 Å². The van der Waals surface area contributed by atoms with Gasteiger partial charge in [0.25, 0.3) is 0 Å². The molecule has 2 aliphatic carbocycles. The highest BCUT2D eigenvalue weighted by Gasteiger charge is 2.77. The van der Waals surface area contributed by atoms with Crippen LogP contribution in [0, 0.1) is 39.9 Å². The van der Waals surface area contributed by atoms with E-state index in [1.54, 1.807) is 0 Å². The summed E-state index contributed by atoms with van der Waals surface area (Å²) in [4.78, 5) is 0. The number of hydrogen-bond donors (Lipinski definition) is 0. The summed E-state index contributed by atoms with van der Waals surface area (Å²) in [5, 5.41) is 28.3. The molecule has 0 radical (unpaired) electrons. The summed E-state index contributed by atoms with van der Waals surface area (Å²) in [5.74, 6) is 0.604. The Morgan fingerprint density at radius 2 is 1.32 bits per heavy atom. The van der Waals surface area contributed by atoms with E-state index in [0.717, 1.165) is 17.5 Å². The van der Waals surface area contributed by atoms with Crippen LogP contribution in [0.15, 0.2) is 70.9 Å². The van der Waals surface area contributed by atoms with Gasteiger partial charge in [0, 0.05) is 17.3 Å². The number of nitrogens with zero attached hydrogens (tertiary/aromatic N) is 4. The third-order valence-corrected chi connectivity index (χ3v) is 7.37. The number of azo groups is 1. The molecule has 2 aromatic carbocycles. The summed E-state index contributed by atoms with van der Waals surface area (Å²) in [6, 6.07) is 20.1. The average Bonchev–Trinajstić information content (AvgIpc) is 3.35. The topological polar surface area (TPSA) is 72.3 Å². The summed E-state index contributed by atoms with van der Waals surface area (Å²) < 4.78 is 0. The highest BCUT2D eigenvalue weighted by Crippen LogP contribution is 2.76. The first-order chi connectivity index (χ1) is 13.5. The highest BCUT2D eigenvalue weighted by molar-refractivity contribution is 5.49. The number of fused-ring (bicyclic) bond motifs is 5. The van der Waals surface area contributed by atoms with Crippen molar-refractivity contribution in [3.05, 3.63) is 82.9 Å². The second-order valence-corrected chi connectivity index (χ2v) is 8.53. The van der Waals surface area contributed by atoms with E-state index in [1.807, 2.05) is 36.4 Å². The number of rotatable bonds is 2. The fourth-order valence-corrected chi connectivity index (χ4v) is 6.07. The molecule has 5 rings (SSSR count). The van der Waals surface area contributed by atoms with Crippen molar-refractivity contribution in [2.45, 2.75) is 31.3 Å². The molecule has 136 valence electrons. The van der Waals surface area contributed by atoms with E-state index in [2.05, 4.69) is 50.3 Å². The smallest absolute Gasteiger partial charge is 0.121 e. The van der Waals surface area contributed by atoms with Crippen LogP contribution in [0.3, 0.4) is 0 Å². The van der Waals surface area contributed by atoms with Crippen molar-refractivity contribution in [2.24, 2.45) is 27.5 Å². The van der Waals surface area contributed by atoms with Crippen molar-refractivity contribution in [1.29, 1.82) is 10.5 Å². The molecule has 0 unspecified atom stereocenters. The maximum atomic E-state index is 9.18. The first-order valence-corrected chi connectivity index (χ1v) is 9.63. The SMILES string of the molecule is CC1(C)[C@]2(c3ccc(C#N)cc3)N=N[C@@]1(c1ccc(C#N)cc1)[C@H]1CC=C[C@H]12. The maximum Gasteiger partial charge on any atom is 0.121 e. The van der Waals surface area contributed by atoms with Gasteiger partial charge in [-0.15, -0.1) is 0 Å². The van der Waals surface area contributed by atoms with E-state index in [-0.39, 0.29) is 11.3 Å². The predicted octanol–water partition coefficient (Wildman–Crippen LogP) is 5.22. The summed E-state index contributed by atoms with van der Waals surface area (Å²) in [7, 11) is 0. The second-order valence-electron chi connectivity index (χ2n) is 8.53. The molecule has 1 heterocycles.